The van der Waals surface area contributed by atoms with Gasteiger partial charge >= 0.3 is 0 Å². The summed E-state index contributed by atoms with van der Waals surface area (Å²) in [5.74, 6) is 6.10. The molecule has 0 aromatic heterocycles. The van der Waals surface area contributed by atoms with Crippen molar-refractivity contribution in [3.63, 3.8) is 0 Å². The van der Waals surface area contributed by atoms with Crippen molar-refractivity contribution in [2.75, 3.05) is 5.43 Å². The zero-order valence-corrected chi connectivity index (χ0v) is 12.6. The summed E-state index contributed by atoms with van der Waals surface area (Å²) in [5.41, 5.74) is 6.11. The summed E-state index contributed by atoms with van der Waals surface area (Å²) in [6.07, 6.45) is 1.31. The molecule has 2 nitrogen and oxygen atoms in total. The number of benzene rings is 1. The summed E-state index contributed by atoms with van der Waals surface area (Å²) in [6, 6.07) is 6.03. The van der Waals surface area contributed by atoms with Crippen LogP contribution in [0.3, 0.4) is 0 Å². The zero-order valence-electron chi connectivity index (χ0n) is 12.6. The molecule has 0 spiro atoms. The first-order chi connectivity index (χ1) is 8.01. The Morgan fingerprint density at radius 1 is 1.12 bits per heavy atom. The van der Waals surface area contributed by atoms with Crippen molar-refractivity contribution in [2.24, 2.45) is 11.8 Å². The van der Waals surface area contributed by atoms with Crippen molar-refractivity contribution in [1.82, 2.24) is 0 Å². The first kappa shape index (κ1) is 18.3. The van der Waals surface area contributed by atoms with Gasteiger partial charge in [0.2, 0.25) is 0 Å². The fraction of sp³-hybridized carbons (Fsp3) is 0.600. The third-order valence-corrected chi connectivity index (χ3v) is 2.49. The lowest BCUT2D eigenvalue weighted by molar-refractivity contribution is 0.626. The number of hydrogen-bond donors (Lipinski definition) is 2. The van der Waals surface area contributed by atoms with Gasteiger partial charge in [0.05, 0.1) is 0 Å². The van der Waals surface area contributed by atoms with Crippen molar-refractivity contribution in [3.05, 3.63) is 29.3 Å². The number of rotatable bonds is 2. The molecule has 1 aromatic carbocycles. The minimum Gasteiger partial charge on any atom is -0.324 e. The van der Waals surface area contributed by atoms with Gasteiger partial charge in [0.1, 0.15) is 0 Å². The van der Waals surface area contributed by atoms with Gasteiger partial charge in [0.15, 0.2) is 0 Å². The van der Waals surface area contributed by atoms with Crippen LogP contribution in [0.15, 0.2) is 18.2 Å². The van der Waals surface area contributed by atoms with E-state index in [1.54, 1.807) is 0 Å². The first-order valence-corrected chi connectivity index (χ1v) is 6.55. The average Bonchev–Trinajstić information content (AvgIpc) is 2.36. The minimum absolute atomic E-state index is 0.884. The molecule has 0 amide bonds. The average molecular weight is 238 g/mol. The second kappa shape index (κ2) is 11.5. The summed E-state index contributed by atoms with van der Waals surface area (Å²) >= 11 is 0. The number of nitrogens with two attached hydrogens (primary N) is 1. The Bertz CT molecular complexity index is 280. The molecule has 2 heteroatoms. The smallest absolute Gasteiger partial charge is 0.0487 e. The van der Waals surface area contributed by atoms with Crippen molar-refractivity contribution in [3.8, 4) is 0 Å². The molecule has 0 aliphatic carbocycles. The van der Waals surface area contributed by atoms with Crippen LogP contribution in [0.1, 0.15) is 52.2 Å². The quantitative estimate of drug-likeness (QED) is 0.580. The van der Waals surface area contributed by atoms with E-state index < -0.39 is 0 Å². The van der Waals surface area contributed by atoms with Crippen LogP contribution in [0.25, 0.3) is 0 Å². The minimum atomic E-state index is 0.884. The van der Waals surface area contributed by atoms with Gasteiger partial charge in [-0.2, -0.15) is 0 Å². The van der Waals surface area contributed by atoms with Gasteiger partial charge in [-0.05, 0) is 43.0 Å². The molecule has 0 bridgehead atoms. The van der Waals surface area contributed by atoms with Crippen LogP contribution in [0.2, 0.25) is 0 Å². The highest BCUT2D eigenvalue weighted by Crippen LogP contribution is 2.12. The third-order valence-electron chi connectivity index (χ3n) is 2.49. The Kier molecular flexibility index (Phi) is 12.4. The van der Waals surface area contributed by atoms with Crippen LogP contribution in [0.5, 0.6) is 0 Å². The van der Waals surface area contributed by atoms with Crippen LogP contribution in [0.4, 0.5) is 5.69 Å². The van der Waals surface area contributed by atoms with E-state index in [0.29, 0.717) is 0 Å². The van der Waals surface area contributed by atoms with E-state index >= 15 is 0 Å². The van der Waals surface area contributed by atoms with Crippen LogP contribution < -0.4 is 11.3 Å². The molecule has 0 heterocycles. The number of nitrogen functional groups attached to an aromatic ring is 1. The van der Waals surface area contributed by atoms with E-state index in [1.807, 2.05) is 32.0 Å². The van der Waals surface area contributed by atoms with Gasteiger partial charge in [-0.3, -0.25) is 5.84 Å². The largest absolute Gasteiger partial charge is 0.324 e. The number of aryl methyl sites for hydroxylation is 2. The molecule has 0 unspecified atom stereocenters. The monoisotopic (exact) mass is 238 g/mol. The summed E-state index contributed by atoms with van der Waals surface area (Å²) in [4.78, 5) is 0. The summed E-state index contributed by atoms with van der Waals surface area (Å²) < 4.78 is 0. The Hall–Kier alpha value is -1.02. The highest BCUT2D eigenvalue weighted by molar-refractivity contribution is 5.46. The summed E-state index contributed by atoms with van der Waals surface area (Å²) in [5, 5.41) is 0. The molecule has 0 saturated heterocycles. The molecule has 0 saturated carbocycles. The van der Waals surface area contributed by atoms with Gasteiger partial charge in [-0.25, -0.2) is 0 Å². The molecular formula is C15H30N2. The highest BCUT2D eigenvalue weighted by Gasteiger charge is 1.91. The normalized spacial score (nSPS) is 8.76. The van der Waals surface area contributed by atoms with Gasteiger partial charge in [0, 0.05) is 5.69 Å². The van der Waals surface area contributed by atoms with Crippen molar-refractivity contribution in [1.29, 1.82) is 0 Å². The Morgan fingerprint density at radius 2 is 1.59 bits per heavy atom. The molecule has 17 heavy (non-hydrogen) atoms. The summed E-state index contributed by atoms with van der Waals surface area (Å²) in [6.45, 7) is 14.8. The van der Waals surface area contributed by atoms with Gasteiger partial charge in [-0.1, -0.05) is 47.1 Å². The standard InChI is InChI=1S/C8H12N2.C5H12.C2H6/c1-6-3-4-8(10-9)5-7(6)2;1-4-5(2)3;1-2/h3-5,10H,9H2,1-2H3;5H,4H2,1-3H3;1-2H3. The fourth-order valence-corrected chi connectivity index (χ4v) is 0.831. The van der Waals surface area contributed by atoms with E-state index in [1.165, 1.54) is 17.5 Å². The maximum Gasteiger partial charge on any atom is 0.0487 e. The molecule has 0 aliphatic rings. The second-order valence-corrected chi connectivity index (χ2v) is 4.25. The molecular weight excluding hydrogens is 208 g/mol. The molecule has 100 valence electrons. The molecule has 0 radical (unpaired) electrons. The highest BCUT2D eigenvalue weighted by atomic mass is 15.2. The van der Waals surface area contributed by atoms with Crippen LogP contribution >= 0.6 is 0 Å². The Balaban J connectivity index is 0. The van der Waals surface area contributed by atoms with Gasteiger partial charge < -0.3 is 5.43 Å². The van der Waals surface area contributed by atoms with E-state index in [0.717, 1.165) is 11.6 Å². The predicted octanol–water partition coefficient (Wildman–Crippen LogP) is 4.67. The van der Waals surface area contributed by atoms with Crippen LogP contribution in [-0.4, -0.2) is 0 Å². The summed E-state index contributed by atoms with van der Waals surface area (Å²) in [7, 11) is 0. The van der Waals surface area contributed by atoms with E-state index in [4.69, 9.17) is 5.84 Å². The van der Waals surface area contributed by atoms with E-state index in [-0.39, 0.29) is 0 Å². The SMILES string of the molecule is CC.CCC(C)C.Cc1ccc(NN)cc1C. The van der Waals surface area contributed by atoms with Crippen molar-refractivity contribution in [2.45, 2.75) is 54.9 Å². The fourth-order valence-electron chi connectivity index (χ4n) is 0.831. The van der Waals surface area contributed by atoms with Gasteiger partial charge in [0.25, 0.3) is 0 Å². The number of nitrogens with one attached hydrogen (secondary N) is 1. The molecule has 0 aliphatic heterocycles. The number of anilines is 1. The van der Waals surface area contributed by atoms with Crippen molar-refractivity contribution < 1.29 is 0 Å². The molecule has 0 atom stereocenters. The lowest BCUT2D eigenvalue weighted by Crippen LogP contribution is -2.06. The molecule has 0 fully saturated rings. The lowest BCUT2D eigenvalue weighted by atomic mass is 10.1. The van der Waals surface area contributed by atoms with Crippen molar-refractivity contribution >= 4 is 5.69 Å². The number of hydrazine groups is 1. The maximum atomic E-state index is 5.22. The Labute approximate surface area is 108 Å². The van der Waals surface area contributed by atoms with Crippen LogP contribution in [-0.2, 0) is 0 Å². The Morgan fingerprint density at radius 3 is 1.88 bits per heavy atom. The molecule has 3 N–H and O–H groups in total. The first-order valence-electron chi connectivity index (χ1n) is 6.55. The second-order valence-electron chi connectivity index (χ2n) is 4.25. The van der Waals surface area contributed by atoms with Gasteiger partial charge in [-0.15, -0.1) is 0 Å². The maximum absolute atomic E-state index is 5.22. The number of hydrogen-bond acceptors (Lipinski definition) is 2. The predicted molar refractivity (Wildman–Crippen MR) is 80.2 cm³/mol. The zero-order chi connectivity index (χ0) is 13.8. The van der Waals surface area contributed by atoms with E-state index in [2.05, 4.69) is 40.0 Å². The molecule has 1 aromatic rings. The lowest BCUT2D eigenvalue weighted by Gasteiger charge is -2.02. The van der Waals surface area contributed by atoms with E-state index in [9.17, 15) is 0 Å². The molecule has 1 rings (SSSR count). The topological polar surface area (TPSA) is 38.0 Å². The third kappa shape index (κ3) is 9.88. The van der Waals surface area contributed by atoms with Crippen LogP contribution in [0, 0.1) is 19.8 Å².